The zero-order valence-corrected chi connectivity index (χ0v) is 17.0. The lowest BCUT2D eigenvalue weighted by Crippen LogP contribution is -1.93. The van der Waals surface area contributed by atoms with Crippen molar-refractivity contribution in [3.8, 4) is 34.1 Å². The number of fused-ring (bicyclic) bond motifs is 5. The summed E-state index contributed by atoms with van der Waals surface area (Å²) in [5.41, 5.74) is 4.66. The second-order valence-electron chi connectivity index (χ2n) is 7.95. The number of nitrogens with zero attached hydrogens (tertiary/aromatic N) is 1. The number of benzene rings is 4. The minimum absolute atomic E-state index is 0.250. The van der Waals surface area contributed by atoms with Crippen molar-refractivity contribution in [3.63, 3.8) is 0 Å². The van der Waals surface area contributed by atoms with E-state index in [1.165, 1.54) is 5.39 Å². The first kappa shape index (κ1) is 17.4. The highest BCUT2D eigenvalue weighted by Crippen LogP contribution is 2.40. The fourth-order valence-electron chi connectivity index (χ4n) is 4.52. The second kappa shape index (κ2) is 6.59. The van der Waals surface area contributed by atoms with Gasteiger partial charge in [-0.25, -0.2) is 4.98 Å². The maximum atomic E-state index is 6.30. The van der Waals surface area contributed by atoms with Crippen LogP contribution in [-0.2, 0) is 0 Å². The molecule has 32 heavy (non-hydrogen) atoms. The average Bonchev–Trinajstić information content (AvgIpc) is 3.49. The zero-order valence-electron chi connectivity index (χ0n) is 17.0. The third-order valence-electron chi connectivity index (χ3n) is 6.06. The molecule has 0 N–H and O–H groups in total. The standard InChI is InChI=1S/C28H17NO3/c1-3-7-20-17(5-1)9-11-22-28(20)21(26-14-19-6-2-4-8-24(19)32-26)15-23(29-22)18-10-12-25-27(13-18)31-16-30-25/h1-15H,16H2. The van der Waals surface area contributed by atoms with Crippen LogP contribution in [0.15, 0.2) is 95.4 Å². The quantitative estimate of drug-likeness (QED) is 0.281. The first-order valence-electron chi connectivity index (χ1n) is 10.5. The summed E-state index contributed by atoms with van der Waals surface area (Å²) in [6.45, 7) is 0.250. The summed E-state index contributed by atoms with van der Waals surface area (Å²) >= 11 is 0. The molecule has 1 aliphatic heterocycles. The Morgan fingerprint density at radius 3 is 2.47 bits per heavy atom. The van der Waals surface area contributed by atoms with Gasteiger partial charge < -0.3 is 13.9 Å². The van der Waals surface area contributed by atoms with Crippen LogP contribution < -0.4 is 9.47 Å². The van der Waals surface area contributed by atoms with Crippen LogP contribution in [-0.4, -0.2) is 11.8 Å². The highest BCUT2D eigenvalue weighted by Gasteiger charge is 2.18. The smallest absolute Gasteiger partial charge is 0.231 e. The van der Waals surface area contributed by atoms with E-state index in [4.69, 9.17) is 18.9 Å². The SMILES string of the molecule is c1ccc2oc(-c3cc(-c4ccc5c(c4)OCO5)nc4ccc5ccccc5c34)cc2c1. The average molecular weight is 415 g/mol. The molecule has 7 rings (SSSR count). The highest BCUT2D eigenvalue weighted by atomic mass is 16.7. The molecule has 0 saturated heterocycles. The van der Waals surface area contributed by atoms with Gasteiger partial charge in [-0.2, -0.15) is 0 Å². The summed E-state index contributed by atoms with van der Waals surface area (Å²) < 4.78 is 17.4. The van der Waals surface area contributed by atoms with Crippen LogP contribution in [0.4, 0.5) is 0 Å². The van der Waals surface area contributed by atoms with Crippen molar-refractivity contribution < 1.29 is 13.9 Å². The van der Waals surface area contributed by atoms with Crippen LogP contribution in [0.1, 0.15) is 0 Å². The van der Waals surface area contributed by atoms with Gasteiger partial charge in [-0.3, -0.25) is 0 Å². The minimum Gasteiger partial charge on any atom is -0.456 e. The molecule has 0 bridgehead atoms. The molecular formula is C28H17NO3. The topological polar surface area (TPSA) is 44.5 Å². The molecule has 4 nitrogen and oxygen atoms in total. The van der Waals surface area contributed by atoms with Crippen LogP contribution in [0, 0.1) is 0 Å². The van der Waals surface area contributed by atoms with Gasteiger partial charge in [-0.05, 0) is 53.2 Å². The van der Waals surface area contributed by atoms with Gasteiger partial charge in [0.2, 0.25) is 6.79 Å². The van der Waals surface area contributed by atoms with E-state index >= 15 is 0 Å². The van der Waals surface area contributed by atoms with Gasteiger partial charge in [0.15, 0.2) is 11.5 Å². The second-order valence-corrected chi connectivity index (χ2v) is 7.95. The monoisotopic (exact) mass is 415 g/mol. The molecule has 0 radical (unpaired) electrons. The fourth-order valence-corrected chi connectivity index (χ4v) is 4.52. The van der Waals surface area contributed by atoms with E-state index in [0.29, 0.717) is 0 Å². The Kier molecular flexibility index (Phi) is 3.58. The molecular weight excluding hydrogens is 398 g/mol. The van der Waals surface area contributed by atoms with E-state index in [-0.39, 0.29) is 6.79 Å². The van der Waals surface area contributed by atoms with Crippen LogP contribution >= 0.6 is 0 Å². The van der Waals surface area contributed by atoms with Crippen molar-refractivity contribution >= 4 is 32.6 Å². The summed E-state index contributed by atoms with van der Waals surface area (Å²) in [6, 6.07) is 30.9. The minimum atomic E-state index is 0.250. The van der Waals surface area contributed by atoms with E-state index < -0.39 is 0 Å². The van der Waals surface area contributed by atoms with Crippen LogP contribution in [0.5, 0.6) is 11.5 Å². The Balaban J connectivity index is 1.55. The number of rotatable bonds is 2. The predicted molar refractivity (Wildman–Crippen MR) is 126 cm³/mol. The fraction of sp³-hybridized carbons (Fsp3) is 0.0357. The molecule has 3 heterocycles. The first-order valence-corrected chi connectivity index (χ1v) is 10.5. The van der Waals surface area contributed by atoms with Gasteiger partial charge in [0.05, 0.1) is 11.2 Å². The van der Waals surface area contributed by atoms with Gasteiger partial charge in [0.25, 0.3) is 0 Å². The van der Waals surface area contributed by atoms with Crippen molar-refractivity contribution in [1.82, 2.24) is 4.98 Å². The molecule has 0 spiro atoms. The lowest BCUT2D eigenvalue weighted by Gasteiger charge is -2.11. The number of furan rings is 1. The first-order chi connectivity index (χ1) is 15.8. The van der Waals surface area contributed by atoms with Gasteiger partial charge >= 0.3 is 0 Å². The maximum Gasteiger partial charge on any atom is 0.231 e. The Bertz CT molecular complexity index is 1630. The number of hydrogen-bond acceptors (Lipinski definition) is 4. The van der Waals surface area contributed by atoms with Gasteiger partial charge in [-0.15, -0.1) is 0 Å². The van der Waals surface area contributed by atoms with Crippen molar-refractivity contribution in [2.24, 2.45) is 0 Å². The molecule has 0 unspecified atom stereocenters. The van der Waals surface area contributed by atoms with E-state index in [0.717, 1.165) is 61.3 Å². The predicted octanol–water partition coefficient (Wildman–Crippen LogP) is 7.20. The van der Waals surface area contributed by atoms with Crippen LogP contribution in [0.2, 0.25) is 0 Å². The van der Waals surface area contributed by atoms with Crippen molar-refractivity contribution in [3.05, 3.63) is 91.0 Å². The molecule has 0 saturated carbocycles. The molecule has 152 valence electrons. The molecule has 0 amide bonds. The molecule has 4 aromatic carbocycles. The molecule has 1 aliphatic rings. The third kappa shape index (κ3) is 2.59. The van der Waals surface area contributed by atoms with Gasteiger partial charge in [0, 0.05) is 21.9 Å². The van der Waals surface area contributed by atoms with Gasteiger partial charge in [-0.1, -0.05) is 48.5 Å². The van der Waals surface area contributed by atoms with E-state index in [2.05, 4.69) is 54.6 Å². The normalized spacial score (nSPS) is 12.8. The van der Waals surface area contributed by atoms with Crippen LogP contribution in [0.25, 0.3) is 55.2 Å². The third-order valence-corrected chi connectivity index (χ3v) is 6.06. The summed E-state index contributed by atoms with van der Waals surface area (Å²) in [5, 5.41) is 4.50. The van der Waals surface area contributed by atoms with Crippen molar-refractivity contribution in [1.29, 1.82) is 0 Å². The molecule has 4 heteroatoms. The lowest BCUT2D eigenvalue weighted by molar-refractivity contribution is 0.174. The van der Waals surface area contributed by atoms with Crippen LogP contribution in [0.3, 0.4) is 0 Å². The van der Waals surface area contributed by atoms with E-state index in [9.17, 15) is 0 Å². The number of aromatic nitrogens is 1. The number of para-hydroxylation sites is 1. The van der Waals surface area contributed by atoms with Gasteiger partial charge in [0.1, 0.15) is 11.3 Å². The van der Waals surface area contributed by atoms with Crippen molar-refractivity contribution in [2.45, 2.75) is 0 Å². The number of hydrogen-bond donors (Lipinski definition) is 0. The largest absolute Gasteiger partial charge is 0.456 e. The Morgan fingerprint density at radius 1 is 0.688 bits per heavy atom. The van der Waals surface area contributed by atoms with E-state index in [1.54, 1.807) is 0 Å². The van der Waals surface area contributed by atoms with E-state index in [1.807, 2.05) is 36.4 Å². The summed E-state index contributed by atoms with van der Waals surface area (Å²) in [7, 11) is 0. The Morgan fingerprint density at radius 2 is 1.53 bits per heavy atom. The summed E-state index contributed by atoms with van der Waals surface area (Å²) in [5.74, 6) is 2.34. The summed E-state index contributed by atoms with van der Waals surface area (Å²) in [4.78, 5) is 5.02. The molecule has 0 aliphatic carbocycles. The summed E-state index contributed by atoms with van der Waals surface area (Å²) in [6.07, 6.45) is 0. The molecule has 0 atom stereocenters. The molecule has 0 fully saturated rings. The Labute approximate surface area is 183 Å². The van der Waals surface area contributed by atoms with Crippen molar-refractivity contribution in [2.75, 3.05) is 6.79 Å². The molecule has 2 aromatic heterocycles. The lowest BCUT2D eigenvalue weighted by atomic mass is 9.97. The number of pyridine rings is 1. The zero-order chi connectivity index (χ0) is 21.1. The molecule has 6 aromatic rings. The highest BCUT2D eigenvalue weighted by molar-refractivity contribution is 6.13. The number of ether oxygens (including phenoxy) is 2. The Hall–Kier alpha value is -4.31. The maximum absolute atomic E-state index is 6.30.